The number of thiophene rings is 1. The number of hydrogen-bond acceptors (Lipinski definition) is 3. The molecule has 2 aromatic rings. The van der Waals surface area contributed by atoms with E-state index in [0.717, 1.165) is 11.3 Å². The maximum absolute atomic E-state index is 13.0. The second kappa shape index (κ2) is 5.80. The van der Waals surface area contributed by atoms with Gasteiger partial charge in [0.1, 0.15) is 17.7 Å². The van der Waals surface area contributed by atoms with Crippen LogP contribution in [0.3, 0.4) is 0 Å². The number of halogens is 1. The summed E-state index contributed by atoms with van der Waals surface area (Å²) < 4.78 is 18.8. The average molecular weight is 251 g/mol. The molecule has 0 spiro atoms. The molecular weight excluding hydrogens is 237 g/mol. The van der Waals surface area contributed by atoms with Gasteiger partial charge in [0.15, 0.2) is 0 Å². The first kappa shape index (κ1) is 12.1. The minimum atomic E-state index is -0.292. The van der Waals surface area contributed by atoms with Crippen molar-refractivity contribution in [2.24, 2.45) is 5.73 Å². The van der Waals surface area contributed by atoms with Crippen molar-refractivity contribution in [3.05, 3.63) is 52.5 Å². The van der Waals surface area contributed by atoms with E-state index in [0.29, 0.717) is 12.3 Å². The van der Waals surface area contributed by atoms with Crippen LogP contribution in [0.5, 0.6) is 5.75 Å². The summed E-state index contributed by atoms with van der Waals surface area (Å²) in [5.41, 5.74) is 5.57. The van der Waals surface area contributed by atoms with Gasteiger partial charge in [0.25, 0.3) is 0 Å². The molecule has 0 amide bonds. The van der Waals surface area contributed by atoms with E-state index in [1.54, 1.807) is 23.5 Å². The first-order valence-corrected chi connectivity index (χ1v) is 6.33. The zero-order chi connectivity index (χ0) is 12.1. The summed E-state index contributed by atoms with van der Waals surface area (Å²) in [5.74, 6) is 0.247. The molecule has 4 heteroatoms. The van der Waals surface area contributed by atoms with Crippen molar-refractivity contribution in [2.45, 2.75) is 12.5 Å². The van der Waals surface area contributed by atoms with E-state index in [4.69, 9.17) is 10.5 Å². The molecule has 0 bridgehead atoms. The van der Waals surface area contributed by atoms with Crippen LogP contribution in [0, 0.1) is 5.82 Å². The summed E-state index contributed by atoms with van der Waals surface area (Å²) >= 11 is 1.62. The summed E-state index contributed by atoms with van der Waals surface area (Å²) in [6.45, 7) is 0.540. The van der Waals surface area contributed by atoms with Gasteiger partial charge >= 0.3 is 0 Å². The Bertz CT molecular complexity index is 458. The third kappa shape index (κ3) is 3.28. The van der Waals surface area contributed by atoms with Crippen LogP contribution in [0.4, 0.5) is 4.39 Å². The standard InChI is InChI=1S/C13H14FNOS/c14-10-3-1-4-11(9-10)16-12(6-7-15)13-5-2-8-17-13/h1-5,8-9,12H,6-7,15H2. The third-order valence-corrected chi connectivity index (χ3v) is 3.33. The lowest BCUT2D eigenvalue weighted by Gasteiger charge is -2.17. The molecule has 0 radical (unpaired) electrons. The molecule has 1 aromatic carbocycles. The van der Waals surface area contributed by atoms with Gasteiger partial charge in [-0.05, 0) is 30.1 Å². The number of hydrogen-bond donors (Lipinski definition) is 1. The van der Waals surface area contributed by atoms with Gasteiger partial charge in [0, 0.05) is 17.4 Å². The lowest BCUT2D eigenvalue weighted by molar-refractivity contribution is 0.201. The van der Waals surface area contributed by atoms with Gasteiger partial charge in [-0.15, -0.1) is 11.3 Å². The zero-order valence-corrected chi connectivity index (χ0v) is 10.1. The Morgan fingerprint density at radius 3 is 2.82 bits per heavy atom. The minimum Gasteiger partial charge on any atom is -0.485 e. The molecule has 0 aliphatic heterocycles. The summed E-state index contributed by atoms with van der Waals surface area (Å²) in [7, 11) is 0. The van der Waals surface area contributed by atoms with Gasteiger partial charge < -0.3 is 10.5 Å². The molecule has 1 aromatic heterocycles. The molecule has 1 heterocycles. The van der Waals surface area contributed by atoms with E-state index < -0.39 is 0 Å². The molecule has 2 rings (SSSR count). The van der Waals surface area contributed by atoms with Crippen LogP contribution in [0.25, 0.3) is 0 Å². The third-order valence-electron chi connectivity index (χ3n) is 2.36. The fourth-order valence-corrected chi connectivity index (χ4v) is 2.38. The SMILES string of the molecule is NCCC(Oc1cccc(F)c1)c1cccs1. The smallest absolute Gasteiger partial charge is 0.134 e. The topological polar surface area (TPSA) is 35.2 Å². The van der Waals surface area contributed by atoms with Crippen molar-refractivity contribution < 1.29 is 9.13 Å². The van der Waals surface area contributed by atoms with Crippen molar-refractivity contribution in [3.63, 3.8) is 0 Å². The summed E-state index contributed by atoms with van der Waals surface area (Å²) in [6, 6.07) is 10.1. The van der Waals surface area contributed by atoms with Gasteiger partial charge in [0.2, 0.25) is 0 Å². The molecular formula is C13H14FNOS. The molecule has 1 unspecified atom stereocenters. The highest BCUT2D eigenvalue weighted by Crippen LogP contribution is 2.27. The molecule has 2 N–H and O–H groups in total. The quantitative estimate of drug-likeness (QED) is 0.884. The van der Waals surface area contributed by atoms with Gasteiger partial charge in [0.05, 0.1) is 0 Å². The van der Waals surface area contributed by atoms with Crippen LogP contribution in [0.2, 0.25) is 0 Å². The fraction of sp³-hybridized carbons (Fsp3) is 0.231. The van der Waals surface area contributed by atoms with E-state index in [1.807, 2.05) is 17.5 Å². The highest BCUT2D eigenvalue weighted by molar-refractivity contribution is 7.10. The van der Waals surface area contributed by atoms with E-state index in [2.05, 4.69) is 0 Å². The lowest BCUT2D eigenvalue weighted by Crippen LogP contribution is -2.12. The van der Waals surface area contributed by atoms with Crippen molar-refractivity contribution in [2.75, 3.05) is 6.54 Å². The van der Waals surface area contributed by atoms with Gasteiger partial charge in [-0.3, -0.25) is 0 Å². The van der Waals surface area contributed by atoms with Gasteiger partial charge in [-0.1, -0.05) is 12.1 Å². The first-order valence-electron chi connectivity index (χ1n) is 5.45. The van der Waals surface area contributed by atoms with Crippen LogP contribution in [0.15, 0.2) is 41.8 Å². The maximum atomic E-state index is 13.0. The summed E-state index contributed by atoms with van der Waals surface area (Å²) in [5, 5.41) is 1.99. The number of nitrogens with two attached hydrogens (primary N) is 1. The molecule has 1 atom stereocenters. The average Bonchev–Trinajstić information content (AvgIpc) is 2.82. The normalized spacial score (nSPS) is 12.4. The number of rotatable bonds is 5. The Labute approximate surface area is 104 Å². The Morgan fingerprint density at radius 1 is 1.29 bits per heavy atom. The summed E-state index contributed by atoms with van der Waals surface area (Å²) in [4.78, 5) is 1.11. The molecule has 90 valence electrons. The Kier molecular flexibility index (Phi) is 4.12. The van der Waals surface area contributed by atoms with Crippen molar-refractivity contribution >= 4 is 11.3 Å². The molecule has 17 heavy (non-hydrogen) atoms. The van der Waals surface area contributed by atoms with Crippen LogP contribution in [-0.2, 0) is 0 Å². The largest absolute Gasteiger partial charge is 0.485 e. The second-order valence-electron chi connectivity index (χ2n) is 3.66. The molecule has 2 nitrogen and oxygen atoms in total. The van der Waals surface area contributed by atoms with Crippen LogP contribution in [0.1, 0.15) is 17.4 Å². The van der Waals surface area contributed by atoms with Crippen LogP contribution in [-0.4, -0.2) is 6.54 Å². The first-order chi connectivity index (χ1) is 8.29. The highest BCUT2D eigenvalue weighted by Gasteiger charge is 2.13. The maximum Gasteiger partial charge on any atom is 0.134 e. The molecule has 0 saturated heterocycles. The second-order valence-corrected chi connectivity index (χ2v) is 4.64. The van der Waals surface area contributed by atoms with E-state index in [-0.39, 0.29) is 11.9 Å². The molecule has 0 fully saturated rings. The highest BCUT2D eigenvalue weighted by atomic mass is 32.1. The van der Waals surface area contributed by atoms with Gasteiger partial charge in [-0.25, -0.2) is 4.39 Å². The zero-order valence-electron chi connectivity index (χ0n) is 9.30. The number of ether oxygens (including phenoxy) is 1. The molecule has 0 aliphatic rings. The fourth-order valence-electron chi connectivity index (χ4n) is 1.59. The Hall–Kier alpha value is -1.39. The molecule has 0 saturated carbocycles. The lowest BCUT2D eigenvalue weighted by atomic mass is 10.2. The van der Waals surface area contributed by atoms with Crippen molar-refractivity contribution in [1.29, 1.82) is 0 Å². The van der Waals surface area contributed by atoms with Crippen molar-refractivity contribution in [3.8, 4) is 5.75 Å². The Morgan fingerprint density at radius 2 is 2.18 bits per heavy atom. The Balaban J connectivity index is 2.13. The van der Waals surface area contributed by atoms with Crippen LogP contribution >= 0.6 is 11.3 Å². The van der Waals surface area contributed by atoms with Crippen LogP contribution < -0.4 is 10.5 Å². The number of benzene rings is 1. The predicted octanol–water partition coefficient (Wildman–Crippen LogP) is 3.36. The van der Waals surface area contributed by atoms with Gasteiger partial charge in [-0.2, -0.15) is 0 Å². The van der Waals surface area contributed by atoms with Crippen molar-refractivity contribution in [1.82, 2.24) is 0 Å². The summed E-state index contributed by atoms with van der Waals surface area (Å²) in [6.07, 6.45) is 0.624. The van der Waals surface area contributed by atoms with E-state index in [9.17, 15) is 4.39 Å². The predicted molar refractivity (Wildman–Crippen MR) is 67.8 cm³/mol. The monoisotopic (exact) mass is 251 g/mol. The van der Waals surface area contributed by atoms with E-state index >= 15 is 0 Å². The minimum absolute atomic E-state index is 0.0956. The van der Waals surface area contributed by atoms with E-state index in [1.165, 1.54) is 12.1 Å². The molecule has 0 aliphatic carbocycles.